The molecule has 0 aliphatic carbocycles. The summed E-state index contributed by atoms with van der Waals surface area (Å²) in [6, 6.07) is 8.85. The summed E-state index contributed by atoms with van der Waals surface area (Å²) in [7, 11) is 0. The molecule has 1 aliphatic heterocycles. The number of para-hydroxylation sites is 1. The summed E-state index contributed by atoms with van der Waals surface area (Å²) >= 11 is 0. The minimum atomic E-state index is -0.473. The first-order chi connectivity index (χ1) is 8.66. The summed E-state index contributed by atoms with van der Waals surface area (Å²) in [5.41, 5.74) is 0.320. The molecule has 0 spiro atoms. The number of nitrogens with one attached hydrogen (secondary N) is 1. The molecule has 92 valence electrons. The minimum absolute atomic E-state index is 0.0741. The molecule has 0 fully saturated rings. The van der Waals surface area contributed by atoms with Gasteiger partial charge < -0.3 is 4.74 Å². The van der Waals surface area contributed by atoms with E-state index in [0.29, 0.717) is 23.6 Å². The monoisotopic (exact) mass is 244 g/mol. The number of aromatic nitrogens is 2. The van der Waals surface area contributed by atoms with Crippen LogP contribution in [0.15, 0.2) is 39.9 Å². The van der Waals surface area contributed by atoms with Crippen LogP contribution in [0, 0.1) is 0 Å². The van der Waals surface area contributed by atoms with E-state index in [9.17, 15) is 9.59 Å². The summed E-state index contributed by atoms with van der Waals surface area (Å²) in [4.78, 5) is 26.8. The van der Waals surface area contributed by atoms with Gasteiger partial charge in [-0.15, -0.1) is 0 Å². The molecule has 0 bridgehead atoms. The molecule has 2 heterocycles. The van der Waals surface area contributed by atoms with Crippen molar-refractivity contribution in [1.29, 1.82) is 0 Å². The van der Waals surface area contributed by atoms with Gasteiger partial charge >= 0.3 is 5.69 Å². The zero-order valence-electron chi connectivity index (χ0n) is 9.84. The average Bonchev–Trinajstić information content (AvgIpc) is 2.71. The van der Waals surface area contributed by atoms with Crippen molar-refractivity contribution in [3.8, 4) is 11.6 Å². The fourth-order valence-corrected chi connectivity index (χ4v) is 2.18. The molecule has 18 heavy (non-hydrogen) atoms. The molecule has 0 unspecified atom stereocenters. The Morgan fingerprint density at radius 2 is 2.00 bits per heavy atom. The standard InChI is InChI=1S/C13H12N2O3/c1-8-7-10-11(18-8)14-13(17)15(12(10)16)9-5-3-2-4-6-9/h2-6,8H,7H2,1H3,(H,14,17)/t8-/m1/s1. The second kappa shape index (κ2) is 3.87. The van der Waals surface area contributed by atoms with Crippen molar-refractivity contribution in [2.45, 2.75) is 19.4 Å². The van der Waals surface area contributed by atoms with E-state index < -0.39 is 5.69 Å². The van der Waals surface area contributed by atoms with Crippen molar-refractivity contribution < 1.29 is 4.74 Å². The zero-order chi connectivity index (χ0) is 12.7. The number of benzene rings is 1. The topological polar surface area (TPSA) is 64.1 Å². The highest BCUT2D eigenvalue weighted by Gasteiger charge is 2.25. The number of aromatic amines is 1. The van der Waals surface area contributed by atoms with E-state index >= 15 is 0 Å². The number of rotatable bonds is 1. The molecule has 0 amide bonds. The first kappa shape index (κ1) is 10.8. The SMILES string of the molecule is C[C@@H]1Cc2c([nH]c(=O)n(-c3ccccc3)c2=O)O1. The van der Waals surface area contributed by atoms with Crippen molar-refractivity contribution in [2.75, 3.05) is 0 Å². The molecule has 1 atom stereocenters. The second-order valence-electron chi connectivity index (χ2n) is 4.35. The first-order valence-electron chi connectivity index (χ1n) is 5.77. The van der Waals surface area contributed by atoms with E-state index in [2.05, 4.69) is 4.98 Å². The van der Waals surface area contributed by atoms with Gasteiger partial charge in [0.1, 0.15) is 6.10 Å². The van der Waals surface area contributed by atoms with Crippen molar-refractivity contribution in [3.05, 3.63) is 56.7 Å². The van der Waals surface area contributed by atoms with E-state index in [1.54, 1.807) is 24.3 Å². The molecule has 0 saturated carbocycles. The lowest BCUT2D eigenvalue weighted by molar-refractivity contribution is 0.245. The minimum Gasteiger partial charge on any atom is -0.475 e. The van der Waals surface area contributed by atoms with E-state index in [0.717, 1.165) is 4.57 Å². The van der Waals surface area contributed by atoms with Gasteiger partial charge in [-0.3, -0.25) is 9.78 Å². The smallest absolute Gasteiger partial charge is 0.335 e. The maximum absolute atomic E-state index is 12.3. The van der Waals surface area contributed by atoms with Crippen LogP contribution in [0.25, 0.3) is 5.69 Å². The average molecular weight is 244 g/mol. The van der Waals surface area contributed by atoms with Crippen molar-refractivity contribution in [2.24, 2.45) is 0 Å². The molecular formula is C13H12N2O3. The predicted octanol–water partition coefficient (Wildman–Crippen LogP) is 0.849. The number of hydrogen-bond donors (Lipinski definition) is 1. The maximum Gasteiger partial charge on any atom is 0.335 e. The van der Waals surface area contributed by atoms with Gasteiger partial charge in [-0.2, -0.15) is 0 Å². The molecule has 1 aromatic carbocycles. The Balaban J connectivity index is 2.28. The van der Waals surface area contributed by atoms with Gasteiger partial charge in [0, 0.05) is 6.42 Å². The Kier molecular flexibility index (Phi) is 2.33. The molecule has 3 rings (SSSR count). The Morgan fingerprint density at radius 3 is 2.72 bits per heavy atom. The third kappa shape index (κ3) is 1.55. The van der Waals surface area contributed by atoms with Crippen LogP contribution >= 0.6 is 0 Å². The Labute approximate surface area is 103 Å². The van der Waals surface area contributed by atoms with Crippen LogP contribution in [0.2, 0.25) is 0 Å². The quantitative estimate of drug-likeness (QED) is 0.808. The molecule has 1 aliphatic rings. The van der Waals surface area contributed by atoms with Gasteiger partial charge in [0.15, 0.2) is 0 Å². The molecule has 0 radical (unpaired) electrons. The van der Waals surface area contributed by atoms with Gasteiger partial charge in [0.2, 0.25) is 5.88 Å². The lowest BCUT2D eigenvalue weighted by Crippen LogP contribution is -2.35. The fraction of sp³-hybridized carbons (Fsp3) is 0.231. The summed E-state index contributed by atoms with van der Waals surface area (Å²) in [6.07, 6.45) is 0.451. The van der Waals surface area contributed by atoms with E-state index in [1.165, 1.54) is 0 Å². The van der Waals surface area contributed by atoms with Crippen molar-refractivity contribution in [3.63, 3.8) is 0 Å². The Morgan fingerprint density at radius 1 is 1.28 bits per heavy atom. The van der Waals surface area contributed by atoms with E-state index in [-0.39, 0.29) is 11.7 Å². The number of fused-ring (bicyclic) bond motifs is 1. The van der Waals surface area contributed by atoms with Crippen LogP contribution < -0.4 is 16.0 Å². The zero-order valence-corrected chi connectivity index (χ0v) is 9.84. The number of hydrogen-bond acceptors (Lipinski definition) is 3. The summed E-state index contributed by atoms with van der Waals surface area (Å²) in [5, 5.41) is 0. The van der Waals surface area contributed by atoms with Crippen LogP contribution in [0.1, 0.15) is 12.5 Å². The largest absolute Gasteiger partial charge is 0.475 e. The van der Waals surface area contributed by atoms with Gasteiger partial charge in [0.05, 0.1) is 11.3 Å². The predicted molar refractivity (Wildman–Crippen MR) is 66.5 cm³/mol. The normalized spacial score (nSPS) is 17.3. The summed E-state index contributed by atoms with van der Waals surface area (Å²) in [5.74, 6) is 0.310. The molecular weight excluding hydrogens is 232 g/mol. The van der Waals surface area contributed by atoms with Gasteiger partial charge in [-0.25, -0.2) is 9.36 Å². The third-order valence-corrected chi connectivity index (χ3v) is 2.98. The van der Waals surface area contributed by atoms with Crippen LogP contribution in [-0.4, -0.2) is 15.7 Å². The third-order valence-electron chi connectivity index (χ3n) is 2.98. The second-order valence-corrected chi connectivity index (χ2v) is 4.35. The maximum atomic E-state index is 12.3. The van der Waals surface area contributed by atoms with Gasteiger partial charge in [-0.1, -0.05) is 18.2 Å². The van der Waals surface area contributed by atoms with E-state index in [1.807, 2.05) is 13.0 Å². The number of nitrogens with zero attached hydrogens (tertiary/aromatic N) is 1. The Hall–Kier alpha value is -2.30. The van der Waals surface area contributed by atoms with Crippen LogP contribution in [0.4, 0.5) is 0 Å². The molecule has 5 heteroatoms. The van der Waals surface area contributed by atoms with E-state index in [4.69, 9.17) is 4.74 Å². The highest BCUT2D eigenvalue weighted by atomic mass is 16.5. The first-order valence-corrected chi connectivity index (χ1v) is 5.77. The number of ether oxygens (including phenoxy) is 1. The van der Waals surface area contributed by atoms with Crippen LogP contribution in [0.5, 0.6) is 5.88 Å². The molecule has 1 aromatic heterocycles. The molecule has 0 saturated heterocycles. The van der Waals surface area contributed by atoms with Gasteiger partial charge in [0.25, 0.3) is 5.56 Å². The van der Waals surface area contributed by atoms with Crippen LogP contribution in [0.3, 0.4) is 0 Å². The molecule has 5 nitrogen and oxygen atoms in total. The Bertz CT molecular complexity index is 700. The fourth-order valence-electron chi connectivity index (χ4n) is 2.18. The van der Waals surface area contributed by atoms with Crippen LogP contribution in [-0.2, 0) is 6.42 Å². The summed E-state index contributed by atoms with van der Waals surface area (Å²) < 4.78 is 6.53. The summed E-state index contributed by atoms with van der Waals surface area (Å²) in [6.45, 7) is 1.87. The van der Waals surface area contributed by atoms with Crippen molar-refractivity contribution >= 4 is 0 Å². The molecule has 2 aromatic rings. The highest BCUT2D eigenvalue weighted by Crippen LogP contribution is 2.21. The van der Waals surface area contributed by atoms with Gasteiger partial charge in [-0.05, 0) is 19.1 Å². The lowest BCUT2D eigenvalue weighted by atomic mass is 10.2. The molecule has 1 N–H and O–H groups in total. The number of H-pyrrole nitrogens is 1. The highest BCUT2D eigenvalue weighted by molar-refractivity contribution is 5.35. The van der Waals surface area contributed by atoms with Crippen molar-refractivity contribution in [1.82, 2.24) is 9.55 Å². The lowest BCUT2D eigenvalue weighted by Gasteiger charge is -2.06.